The SMILES string of the molecule is CCCCn1cc(C)c(-c2ccc(C)cc2)c1C(=O)N1CCN(c2ccccc2F)CC1. The Morgan fingerprint density at radius 1 is 0.969 bits per heavy atom. The zero-order chi connectivity index (χ0) is 22.7. The Morgan fingerprint density at radius 3 is 2.31 bits per heavy atom. The Kier molecular flexibility index (Phi) is 6.63. The number of amides is 1. The Morgan fingerprint density at radius 2 is 1.66 bits per heavy atom. The standard InChI is InChI=1S/C27H32FN3O/c1-4-5-14-31-19-21(3)25(22-12-10-20(2)11-13-22)26(31)27(32)30-17-15-29(16-18-30)24-9-7-6-8-23(24)28/h6-13,19H,4-5,14-18H2,1-3H3. The number of unbranched alkanes of at least 4 members (excludes halogenated alkanes) is 1. The van der Waals surface area contributed by atoms with E-state index in [2.05, 4.69) is 55.8 Å². The van der Waals surface area contributed by atoms with Crippen LogP contribution in [0.25, 0.3) is 11.1 Å². The number of rotatable bonds is 6. The normalized spacial score (nSPS) is 14.1. The largest absolute Gasteiger partial charge is 0.366 e. The van der Waals surface area contributed by atoms with E-state index in [1.807, 2.05) is 21.9 Å². The monoisotopic (exact) mass is 433 g/mol. The van der Waals surface area contributed by atoms with E-state index in [1.165, 1.54) is 11.6 Å². The van der Waals surface area contributed by atoms with Gasteiger partial charge in [0.05, 0.1) is 5.69 Å². The van der Waals surface area contributed by atoms with Gasteiger partial charge in [0.15, 0.2) is 0 Å². The van der Waals surface area contributed by atoms with Crippen LogP contribution < -0.4 is 4.90 Å². The quantitative estimate of drug-likeness (QED) is 0.501. The van der Waals surface area contributed by atoms with Gasteiger partial charge in [0, 0.05) is 44.5 Å². The Labute approximate surface area is 190 Å². The van der Waals surface area contributed by atoms with Crippen molar-refractivity contribution in [3.05, 3.63) is 77.4 Å². The van der Waals surface area contributed by atoms with E-state index >= 15 is 0 Å². The third kappa shape index (κ3) is 4.43. The van der Waals surface area contributed by atoms with Gasteiger partial charge in [-0.15, -0.1) is 0 Å². The molecule has 32 heavy (non-hydrogen) atoms. The maximum atomic E-state index is 14.2. The summed E-state index contributed by atoms with van der Waals surface area (Å²) >= 11 is 0. The molecule has 0 atom stereocenters. The molecular formula is C27H32FN3O. The first kappa shape index (κ1) is 22.1. The maximum Gasteiger partial charge on any atom is 0.271 e. The number of carbonyl (C=O) groups excluding carboxylic acids is 1. The van der Waals surface area contributed by atoms with Crippen LogP contribution in [0.5, 0.6) is 0 Å². The molecule has 0 aliphatic carbocycles. The number of hydrogen-bond donors (Lipinski definition) is 0. The first-order chi connectivity index (χ1) is 15.5. The zero-order valence-electron chi connectivity index (χ0n) is 19.3. The number of halogens is 1. The number of aromatic nitrogens is 1. The van der Waals surface area contributed by atoms with Crippen LogP contribution in [0, 0.1) is 19.7 Å². The van der Waals surface area contributed by atoms with E-state index in [0.29, 0.717) is 31.9 Å². The van der Waals surface area contributed by atoms with Crippen LogP contribution in [0.3, 0.4) is 0 Å². The van der Waals surface area contributed by atoms with Crippen LogP contribution in [0.1, 0.15) is 41.4 Å². The van der Waals surface area contributed by atoms with Gasteiger partial charge in [-0.3, -0.25) is 4.79 Å². The van der Waals surface area contributed by atoms with E-state index in [0.717, 1.165) is 41.8 Å². The summed E-state index contributed by atoms with van der Waals surface area (Å²) in [4.78, 5) is 17.7. The fourth-order valence-corrected chi connectivity index (χ4v) is 4.52. The average Bonchev–Trinajstić information content (AvgIpc) is 3.14. The molecule has 1 amide bonds. The number of anilines is 1. The van der Waals surface area contributed by atoms with E-state index in [1.54, 1.807) is 6.07 Å². The predicted octanol–water partition coefficient (Wildman–Crippen LogP) is 5.67. The second-order valence-electron chi connectivity index (χ2n) is 8.68. The molecule has 4 nitrogen and oxygen atoms in total. The Balaban J connectivity index is 1.61. The molecule has 0 unspecified atom stereocenters. The molecule has 0 radical (unpaired) electrons. The molecule has 1 fully saturated rings. The van der Waals surface area contributed by atoms with Crippen LogP contribution >= 0.6 is 0 Å². The van der Waals surface area contributed by atoms with E-state index in [9.17, 15) is 9.18 Å². The van der Waals surface area contributed by atoms with Gasteiger partial charge in [0.1, 0.15) is 11.5 Å². The lowest BCUT2D eigenvalue weighted by atomic mass is 10.00. The van der Waals surface area contributed by atoms with Crippen molar-refractivity contribution in [3.63, 3.8) is 0 Å². The molecule has 1 saturated heterocycles. The fraction of sp³-hybridized carbons (Fsp3) is 0.370. The van der Waals surface area contributed by atoms with E-state index in [-0.39, 0.29) is 11.7 Å². The van der Waals surface area contributed by atoms with Crippen LogP contribution in [0.2, 0.25) is 0 Å². The average molecular weight is 434 g/mol. The summed E-state index contributed by atoms with van der Waals surface area (Å²) in [5, 5.41) is 0. The summed E-state index contributed by atoms with van der Waals surface area (Å²) < 4.78 is 16.4. The number of aryl methyl sites for hydroxylation is 3. The fourth-order valence-electron chi connectivity index (χ4n) is 4.52. The van der Waals surface area contributed by atoms with Crippen LogP contribution in [-0.2, 0) is 6.54 Å². The number of hydrogen-bond acceptors (Lipinski definition) is 2. The van der Waals surface area contributed by atoms with Crippen molar-refractivity contribution in [2.45, 2.75) is 40.2 Å². The minimum atomic E-state index is -0.210. The molecule has 0 spiro atoms. The summed E-state index contributed by atoms with van der Waals surface area (Å²) in [5.74, 6) is -0.143. The molecule has 5 heteroatoms. The van der Waals surface area contributed by atoms with Gasteiger partial charge in [-0.05, 0) is 43.5 Å². The lowest BCUT2D eigenvalue weighted by molar-refractivity contribution is 0.0736. The summed E-state index contributed by atoms with van der Waals surface area (Å²) in [6.07, 6.45) is 4.22. The molecule has 0 bridgehead atoms. The predicted molar refractivity (Wildman–Crippen MR) is 129 cm³/mol. The first-order valence-electron chi connectivity index (χ1n) is 11.5. The second kappa shape index (κ2) is 9.60. The number of piperazine rings is 1. The van der Waals surface area contributed by atoms with Crippen LogP contribution in [0.15, 0.2) is 54.7 Å². The highest BCUT2D eigenvalue weighted by Crippen LogP contribution is 2.31. The van der Waals surface area contributed by atoms with Crippen molar-refractivity contribution in [1.82, 2.24) is 9.47 Å². The maximum absolute atomic E-state index is 14.2. The van der Waals surface area contributed by atoms with E-state index < -0.39 is 0 Å². The van der Waals surface area contributed by atoms with Gasteiger partial charge in [0.25, 0.3) is 5.91 Å². The van der Waals surface area contributed by atoms with Crippen molar-refractivity contribution in [3.8, 4) is 11.1 Å². The molecule has 2 aromatic carbocycles. The van der Waals surface area contributed by atoms with Gasteiger partial charge in [-0.1, -0.05) is 55.3 Å². The van der Waals surface area contributed by atoms with Crippen LogP contribution in [0.4, 0.5) is 10.1 Å². The highest BCUT2D eigenvalue weighted by Gasteiger charge is 2.28. The molecule has 3 aromatic rings. The summed E-state index contributed by atoms with van der Waals surface area (Å²) in [6.45, 7) is 9.58. The third-order valence-electron chi connectivity index (χ3n) is 6.32. The molecule has 1 aliphatic rings. The smallest absolute Gasteiger partial charge is 0.271 e. The molecule has 168 valence electrons. The third-order valence-corrected chi connectivity index (χ3v) is 6.32. The second-order valence-corrected chi connectivity index (χ2v) is 8.68. The first-order valence-corrected chi connectivity index (χ1v) is 11.5. The van der Waals surface area contributed by atoms with Crippen molar-refractivity contribution in [2.75, 3.05) is 31.1 Å². The zero-order valence-corrected chi connectivity index (χ0v) is 19.3. The van der Waals surface area contributed by atoms with Crippen LogP contribution in [-0.4, -0.2) is 41.6 Å². The van der Waals surface area contributed by atoms with Crippen molar-refractivity contribution in [2.24, 2.45) is 0 Å². The minimum absolute atomic E-state index is 0.0676. The molecule has 0 saturated carbocycles. The molecule has 0 N–H and O–H groups in total. The molecule has 4 rings (SSSR count). The number of nitrogens with zero attached hydrogens (tertiary/aromatic N) is 3. The van der Waals surface area contributed by atoms with Gasteiger partial charge >= 0.3 is 0 Å². The lowest BCUT2D eigenvalue weighted by Crippen LogP contribution is -2.49. The summed E-state index contributed by atoms with van der Waals surface area (Å²) in [5.41, 5.74) is 5.83. The Hall–Kier alpha value is -3.08. The molecule has 2 heterocycles. The summed E-state index contributed by atoms with van der Waals surface area (Å²) in [6, 6.07) is 15.3. The molecule has 1 aliphatic heterocycles. The van der Waals surface area contributed by atoms with Gasteiger partial charge < -0.3 is 14.4 Å². The molecular weight excluding hydrogens is 401 g/mol. The number of benzene rings is 2. The van der Waals surface area contributed by atoms with E-state index in [4.69, 9.17) is 0 Å². The molecule has 1 aromatic heterocycles. The highest BCUT2D eigenvalue weighted by atomic mass is 19.1. The van der Waals surface area contributed by atoms with Gasteiger partial charge in [0.2, 0.25) is 0 Å². The minimum Gasteiger partial charge on any atom is -0.366 e. The lowest BCUT2D eigenvalue weighted by Gasteiger charge is -2.36. The number of carbonyl (C=O) groups is 1. The van der Waals surface area contributed by atoms with Gasteiger partial charge in [-0.25, -0.2) is 4.39 Å². The van der Waals surface area contributed by atoms with Gasteiger partial charge in [-0.2, -0.15) is 0 Å². The Bertz CT molecular complexity index is 1080. The topological polar surface area (TPSA) is 28.5 Å². The van der Waals surface area contributed by atoms with Crippen molar-refractivity contribution < 1.29 is 9.18 Å². The highest BCUT2D eigenvalue weighted by molar-refractivity contribution is 6.00. The van der Waals surface area contributed by atoms with Crippen molar-refractivity contribution >= 4 is 11.6 Å². The van der Waals surface area contributed by atoms with Crippen molar-refractivity contribution in [1.29, 1.82) is 0 Å². The number of para-hydroxylation sites is 1. The summed E-state index contributed by atoms with van der Waals surface area (Å²) in [7, 11) is 0.